The Kier molecular flexibility index (Phi) is 3.87. The molecule has 0 aromatic rings. The summed E-state index contributed by atoms with van der Waals surface area (Å²) in [6, 6.07) is 0.389. The zero-order valence-corrected chi connectivity index (χ0v) is 10.6. The number of nitrogens with one attached hydrogen (secondary N) is 1. The minimum atomic E-state index is -2.92. The molecule has 0 spiro atoms. The molecule has 0 radical (unpaired) electrons. The molecule has 2 unspecified atom stereocenters. The van der Waals surface area contributed by atoms with Crippen molar-refractivity contribution in [3.63, 3.8) is 0 Å². The van der Waals surface area contributed by atoms with E-state index >= 15 is 0 Å². The van der Waals surface area contributed by atoms with Gasteiger partial charge in [0.25, 0.3) is 0 Å². The van der Waals surface area contributed by atoms with Crippen LogP contribution in [0.2, 0.25) is 0 Å². The van der Waals surface area contributed by atoms with Gasteiger partial charge in [0.05, 0.1) is 10.5 Å². The maximum absolute atomic E-state index is 12.4. The molecule has 5 heteroatoms. The van der Waals surface area contributed by atoms with Crippen LogP contribution in [0.25, 0.3) is 0 Å². The number of sulfone groups is 1. The van der Waals surface area contributed by atoms with Crippen molar-refractivity contribution >= 4 is 9.84 Å². The van der Waals surface area contributed by atoms with Crippen molar-refractivity contribution in [3.8, 4) is 0 Å². The molecule has 16 heavy (non-hydrogen) atoms. The summed E-state index contributed by atoms with van der Waals surface area (Å²) in [5.41, 5.74) is 0. The third-order valence-electron chi connectivity index (χ3n) is 3.89. The van der Waals surface area contributed by atoms with Gasteiger partial charge in [0.15, 0.2) is 9.84 Å². The Hall–Kier alpha value is -0.130. The highest BCUT2D eigenvalue weighted by molar-refractivity contribution is 7.92. The standard InChI is InChI=1S/C11H21NO3S/c1-12-9-2-3-11(8-9)16(13,14)10-4-6-15-7-5-10/h9-12H,2-8H2,1H3. The molecule has 2 aliphatic rings. The van der Waals surface area contributed by atoms with Crippen LogP contribution in [0.15, 0.2) is 0 Å². The van der Waals surface area contributed by atoms with Crippen LogP contribution in [0.3, 0.4) is 0 Å². The zero-order chi connectivity index (χ0) is 11.6. The lowest BCUT2D eigenvalue weighted by molar-refractivity contribution is 0.0982. The second-order valence-electron chi connectivity index (χ2n) is 4.82. The van der Waals surface area contributed by atoms with Gasteiger partial charge in [-0.3, -0.25) is 0 Å². The largest absolute Gasteiger partial charge is 0.381 e. The molecule has 2 atom stereocenters. The Morgan fingerprint density at radius 3 is 2.31 bits per heavy atom. The highest BCUT2D eigenvalue weighted by atomic mass is 32.2. The number of rotatable bonds is 3. The maximum atomic E-state index is 12.4. The molecule has 94 valence electrons. The van der Waals surface area contributed by atoms with E-state index in [2.05, 4.69) is 5.32 Å². The van der Waals surface area contributed by atoms with Gasteiger partial charge in [-0.1, -0.05) is 0 Å². The molecule has 1 heterocycles. The lowest BCUT2D eigenvalue weighted by Gasteiger charge is -2.25. The normalized spacial score (nSPS) is 33.1. The molecule has 2 fully saturated rings. The summed E-state index contributed by atoms with van der Waals surface area (Å²) in [4.78, 5) is 0. The lowest BCUT2D eigenvalue weighted by Crippen LogP contribution is -2.36. The van der Waals surface area contributed by atoms with E-state index in [4.69, 9.17) is 4.74 Å². The van der Waals surface area contributed by atoms with E-state index in [1.54, 1.807) is 0 Å². The molecule has 4 nitrogen and oxygen atoms in total. The maximum Gasteiger partial charge on any atom is 0.156 e. The first-order valence-electron chi connectivity index (χ1n) is 6.12. The second kappa shape index (κ2) is 5.02. The fourth-order valence-corrected chi connectivity index (χ4v) is 5.14. The molecule has 2 rings (SSSR count). The van der Waals surface area contributed by atoms with Crippen molar-refractivity contribution in [2.45, 2.75) is 48.6 Å². The minimum Gasteiger partial charge on any atom is -0.381 e. The minimum absolute atomic E-state index is 0.118. The van der Waals surface area contributed by atoms with E-state index in [-0.39, 0.29) is 10.5 Å². The number of hydrogen-bond acceptors (Lipinski definition) is 4. The van der Waals surface area contributed by atoms with Crippen molar-refractivity contribution in [2.24, 2.45) is 0 Å². The van der Waals surface area contributed by atoms with E-state index in [1.165, 1.54) is 0 Å². The summed E-state index contributed by atoms with van der Waals surface area (Å²) < 4.78 is 30.0. The smallest absolute Gasteiger partial charge is 0.156 e. The van der Waals surface area contributed by atoms with Gasteiger partial charge < -0.3 is 10.1 Å². The fraction of sp³-hybridized carbons (Fsp3) is 1.00. The molecular formula is C11H21NO3S. The SMILES string of the molecule is CNC1CCC(S(=O)(=O)C2CCOCC2)C1. The average Bonchev–Trinajstić information content (AvgIpc) is 2.79. The summed E-state index contributed by atoms with van der Waals surface area (Å²) in [6.07, 6.45) is 3.97. The summed E-state index contributed by atoms with van der Waals surface area (Å²) in [6.45, 7) is 1.21. The van der Waals surface area contributed by atoms with Crippen molar-refractivity contribution in [3.05, 3.63) is 0 Å². The van der Waals surface area contributed by atoms with Gasteiger partial charge in [-0.15, -0.1) is 0 Å². The highest BCUT2D eigenvalue weighted by Gasteiger charge is 2.39. The van der Waals surface area contributed by atoms with Gasteiger partial charge in [0.2, 0.25) is 0 Å². The van der Waals surface area contributed by atoms with Crippen molar-refractivity contribution in [1.29, 1.82) is 0 Å². The van der Waals surface area contributed by atoms with Crippen LogP contribution in [-0.4, -0.2) is 45.2 Å². The van der Waals surface area contributed by atoms with Crippen LogP contribution in [0.4, 0.5) is 0 Å². The van der Waals surface area contributed by atoms with Gasteiger partial charge in [0, 0.05) is 19.3 Å². The number of ether oxygens (including phenoxy) is 1. The third kappa shape index (κ3) is 2.41. The Labute approximate surface area is 97.7 Å². The molecular weight excluding hydrogens is 226 g/mol. The van der Waals surface area contributed by atoms with Crippen LogP contribution >= 0.6 is 0 Å². The van der Waals surface area contributed by atoms with E-state index in [0.717, 1.165) is 19.3 Å². The van der Waals surface area contributed by atoms with Gasteiger partial charge in [0.1, 0.15) is 0 Å². The molecule has 0 amide bonds. The summed E-state index contributed by atoms with van der Waals surface area (Å²) in [5.74, 6) is 0. The third-order valence-corrected chi connectivity index (χ3v) is 6.65. The Morgan fingerprint density at radius 1 is 1.06 bits per heavy atom. The van der Waals surface area contributed by atoms with Crippen LogP contribution in [0, 0.1) is 0 Å². The lowest BCUT2D eigenvalue weighted by atomic mass is 10.2. The van der Waals surface area contributed by atoms with E-state index in [9.17, 15) is 8.42 Å². The summed E-state index contributed by atoms with van der Waals surface area (Å²) >= 11 is 0. The van der Waals surface area contributed by atoms with Crippen LogP contribution in [-0.2, 0) is 14.6 Å². The molecule has 1 N–H and O–H groups in total. The number of hydrogen-bond donors (Lipinski definition) is 1. The van der Waals surface area contributed by atoms with Gasteiger partial charge >= 0.3 is 0 Å². The quantitative estimate of drug-likeness (QED) is 0.798. The fourth-order valence-electron chi connectivity index (χ4n) is 2.78. The molecule has 0 aromatic carbocycles. The van der Waals surface area contributed by atoms with Crippen LogP contribution in [0.1, 0.15) is 32.1 Å². The average molecular weight is 247 g/mol. The van der Waals surface area contributed by atoms with Crippen molar-refractivity contribution in [1.82, 2.24) is 5.32 Å². The Bertz CT molecular complexity index is 322. The van der Waals surface area contributed by atoms with E-state index < -0.39 is 9.84 Å². The molecule has 0 aromatic heterocycles. The summed E-state index contributed by atoms with van der Waals surface area (Å²) in [7, 11) is -1.01. The second-order valence-corrected chi connectivity index (χ2v) is 7.33. The predicted molar refractivity (Wildman–Crippen MR) is 63.2 cm³/mol. The van der Waals surface area contributed by atoms with Crippen LogP contribution in [0.5, 0.6) is 0 Å². The molecule has 1 aliphatic heterocycles. The van der Waals surface area contributed by atoms with E-state index in [0.29, 0.717) is 32.1 Å². The van der Waals surface area contributed by atoms with E-state index in [1.807, 2.05) is 7.05 Å². The predicted octanol–water partition coefficient (Wildman–Crippen LogP) is 0.721. The van der Waals surface area contributed by atoms with Gasteiger partial charge in [-0.2, -0.15) is 0 Å². The van der Waals surface area contributed by atoms with Crippen LogP contribution < -0.4 is 5.32 Å². The van der Waals surface area contributed by atoms with Gasteiger partial charge in [-0.05, 0) is 39.2 Å². The topological polar surface area (TPSA) is 55.4 Å². The van der Waals surface area contributed by atoms with Gasteiger partial charge in [-0.25, -0.2) is 8.42 Å². The van der Waals surface area contributed by atoms with Crippen molar-refractivity contribution < 1.29 is 13.2 Å². The first-order valence-corrected chi connectivity index (χ1v) is 7.73. The first-order chi connectivity index (χ1) is 7.64. The molecule has 1 aliphatic carbocycles. The Balaban J connectivity index is 2.01. The zero-order valence-electron chi connectivity index (χ0n) is 9.81. The van der Waals surface area contributed by atoms with Crippen molar-refractivity contribution in [2.75, 3.05) is 20.3 Å². The summed E-state index contributed by atoms with van der Waals surface area (Å²) in [5, 5.41) is 2.91. The molecule has 0 bridgehead atoms. The Morgan fingerprint density at radius 2 is 1.75 bits per heavy atom. The monoisotopic (exact) mass is 247 g/mol. The first kappa shape index (κ1) is 12.3. The molecule has 1 saturated heterocycles. The highest BCUT2D eigenvalue weighted by Crippen LogP contribution is 2.30. The molecule has 1 saturated carbocycles.